The van der Waals surface area contributed by atoms with Crippen LogP contribution >= 0.6 is 11.8 Å². The smallest absolute Gasteiger partial charge is 0.230 e. The van der Waals surface area contributed by atoms with Crippen LogP contribution in [0, 0.1) is 20.8 Å². The molecule has 28 heavy (non-hydrogen) atoms. The highest BCUT2D eigenvalue weighted by Crippen LogP contribution is 2.22. The van der Waals surface area contributed by atoms with Gasteiger partial charge in [-0.1, -0.05) is 48.2 Å². The van der Waals surface area contributed by atoms with E-state index in [0.29, 0.717) is 18.3 Å². The number of carbonyl (C=O) groups excluding carboxylic acids is 1. The van der Waals surface area contributed by atoms with E-state index in [1.54, 1.807) is 6.33 Å². The lowest BCUT2D eigenvalue weighted by Gasteiger charge is -2.12. The summed E-state index contributed by atoms with van der Waals surface area (Å²) in [5.41, 5.74) is 4.32. The maximum absolute atomic E-state index is 12.2. The topological polar surface area (TPSA) is 69.0 Å². The van der Waals surface area contributed by atoms with Gasteiger partial charge in [0.15, 0.2) is 5.16 Å². The number of nitrogens with zero attached hydrogens (tertiary/aromatic N) is 3. The van der Waals surface area contributed by atoms with E-state index >= 15 is 0 Å². The van der Waals surface area contributed by atoms with Crippen LogP contribution in [-0.2, 0) is 4.79 Å². The van der Waals surface area contributed by atoms with E-state index in [0.717, 1.165) is 28.1 Å². The number of benzene rings is 2. The number of ether oxygens (including phenoxy) is 1. The van der Waals surface area contributed by atoms with Gasteiger partial charge in [0.05, 0.1) is 18.0 Å². The molecule has 0 unspecified atom stereocenters. The Bertz CT molecular complexity index is 935. The van der Waals surface area contributed by atoms with Crippen molar-refractivity contribution in [3.8, 4) is 11.4 Å². The maximum atomic E-state index is 12.2. The number of rotatable bonds is 8. The summed E-state index contributed by atoms with van der Waals surface area (Å²) in [6, 6.07) is 14.0. The van der Waals surface area contributed by atoms with Gasteiger partial charge in [-0.25, -0.2) is 0 Å². The van der Waals surface area contributed by atoms with Crippen LogP contribution in [-0.4, -0.2) is 39.6 Å². The fourth-order valence-corrected chi connectivity index (χ4v) is 3.63. The molecule has 3 rings (SSSR count). The van der Waals surface area contributed by atoms with Gasteiger partial charge in [-0.15, -0.1) is 10.2 Å². The van der Waals surface area contributed by atoms with Crippen LogP contribution in [0.25, 0.3) is 5.69 Å². The molecule has 1 amide bonds. The number of aromatic nitrogens is 3. The summed E-state index contributed by atoms with van der Waals surface area (Å²) in [6.07, 6.45) is 1.67. The molecule has 1 heterocycles. The van der Waals surface area contributed by atoms with Crippen LogP contribution in [0.2, 0.25) is 0 Å². The number of hydrogen-bond donors (Lipinski definition) is 1. The first-order valence-electron chi connectivity index (χ1n) is 9.11. The van der Waals surface area contributed by atoms with Gasteiger partial charge >= 0.3 is 0 Å². The Kier molecular flexibility index (Phi) is 6.71. The molecule has 6 nitrogen and oxygen atoms in total. The first kappa shape index (κ1) is 19.9. The van der Waals surface area contributed by atoms with Crippen molar-refractivity contribution in [1.82, 2.24) is 20.1 Å². The largest absolute Gasteiger partial charge is 0.491 e. The summed E-state index contributed by atoms with van der Waals surface area (Å²) in [7, 11) is 0. The van der Waals surface area contributed by atoms with Crippen molar-refractivity contribution in [2.45, 2.75) is 25.9 Å². The van der Waals surface area contributed by atoms with E-state index in [-0.39, 0.29) is 11.7 Å². The first-order chi connectivity index (χ1) is 13.6. The average molecular weight is 397 g/mol. The lowest BCUT2D eigenvalue weighted by Crippen LogP contribution is -2.29. The Balaban J connectivity index is 1.47. The van der Waals surface area contributed by atoms with Gasteiger partial charge in [0.2, 0.25) is 5.91 Å². The van der Waals surface area contributed by atoms with Gasteiger partial charge in [0.25, 0.3) is 0 Å². The molecule has 0 radical (unpaired) electrons. The van der Waals surface area contributed by atoms with Gasteiger partial charge in [-0.3, -0.25) is 9.36 Å². The molecule has 0 saturated carbocycles. The van der Waals surface area contributed by atoms with Crippen molar-refractivity contribution in [3.05, 3.63) is 65.5 Å². The molecule has 0 atom stereocenters. The standard InChI is InChI=1S/C21H24N4O2S/c1-15-7-4-5-10-18(15)25-14-23-24-21(25)28-13-19(26)22-11-12-27-20-16(2)8-6-9-17(20)3/h4-10,14H,11-13H2,1-3H3,(H,22,26). The van der Waals surface area contributed by atoms with Crippen molar-refractivity contribution in [2.24, 2.45) is 0 Å². The van der Waals surface area contributed by atoms with Crippen LogP contribution < -0.4 is 10.1 Å². The zero-order chi connectivity index (χ0) is 19.9. The fourth-order valence-electron chi connectivity index (χ4n) is 2.87. The van der Waals surface area contributed by atoms with E-state index in [1.807, 2.05) is 67.8 Å². The van der Waals surface area contributed by atoms with E-state index in [4.69, 9.17) is 4.74 Å². The molecule has 0 aliphatic rings. The summed E-state index contributed by atoms with van der Waals surface area (Å²) < 4.78 is 7.71. The summed E-state index contributed by atoms with van der Waals surface area (Å²) >= 11 is 1.36. The second-order valence-corrected chi connectivity index (χ2v) is 7.42. The Morgan fingerprint density at radius 2 is 1.79 bits per heavy atom. The normalized spacial score (nSPS) is 10.7. The Hall–Kier alpha value is -2.80. The molecular weight excluding hydrogens is 372 g/mol. The highest BCUT2D eigenvalue weighted by atomic mass is 32.2. The minimum Gasteiger partial charge on any atom is -0.491 e. The highest BCUT2D eigenvalue weighted by Gasteiger charge is 2.11. The number of nitrogens with one attached hydrogen (secondary N) is 1. The second kappa shape index (κ2) is 9.41. The molecule has 7 heteroatoms. The average Bonchev–Trinajstić information content (AvgIpc) is 3.14. The van der Waals surface area contributed by atoms with E-state index in [2.05, 4.69) is 15.5 Å². The van der Waals surface area contributed by atoms with Crippen LogP contribution in [0.1, 0.15) is 16.7 Å². The Morgan fingerprint density at radius 1 is 1.07 bits per heavy atom. The molecule has 0 spiro atoms. The summed E-state index contributed by atoms with van der Waals surface area (Å²) in [5.74, 6) is 1.10. The van der Waals surface area contributed by atoms with Crippen LogP contribution in [0.5, 0.6) is 5.75 Å². The molecule has 1 aromatic heterocycles. The Morgan fingerprint density at radius 3 is 2.54 bits per heavy atom. The number of hydrogen-bond acceptors (Lipinski definition) is 5. The number of carbonyl (C=O) groups is 1. The molecule has 0 fully saturated rings. The summed E-state index contributed by atoms with van der Waals surface area (Å²) in [6.45, 7) is 6.95. The molecule has 3 aromatic rings. The van der Waals surface area contributed by atoms with Crippen molar-refractivity contribution in [1.29, 1.82) is 0 Å². The maximum Gasteiger partial charge on any atom is 0.230 e. The number of thioether (sulfide) groups is 1. The van der Waals surface area contributed by atoms with Gasteiger partial charge in [-0.05, 0) is 43.5 Å². The lowest BCUT2D eigenvalue weighted by atomic mass is 10.1. The second-order valence-electron chi connectivity index (χ2n) is 6.48. The van der Waals surface area contributed by atoms with Crippen molar-refractivity contribution < 1.29 is 9.53 Å². The van der Waals surface area contributed by atoms with E-state index < -0.39 is 0 Å². The SMILES string of the molecule is Cc1ccccc1-n1cnnc1SCC(=O)NCCOc1c(C)cccc1C. The molecule has 2 aromatic carbocycles. The molecular formula is C21H24N4O2S. The van der Waals surface area contributed by atoms with Crippen LogP contribution in [0.3, 0.4) is 0 Å². The molecule has 0 saturated heterocycles. The van der Waals surface area contributed by atoms with Gasteiger partial charge in [0.1, 0.15) is 18.7 Å². The summed E-state index contributed by atoms with van der Waals surface area (Å²) in [4.78, 5) is 12.2. The number of para-hydroxylation sites is 2. The third-order valence-electron chi connectivity index (χ3n) is 4.30. The monoisotopic (exact) mass is 396 g/mol. The third-order valence-corrected chi connectivity index (χ3v) is 5.25. The van der Waals surface area contributed by atoms with Crippen LogP contribution in [0.4, 0.5) is 0 Å². The predicted molar refractivity (Wildman–Crippen MR) is 111 cm³/mol. The minimum absolute atomic E-state index is 0.0607. The molecule has 0 aliphatic carbocycles. The lowest BCUT2D eigenvalue weighted by molar-refractivity contribution is -0.118. The fraction of sp³-hybridized carbons (Fsp3) is 0.286. The molecule has 146 valence electrons. The molecule has 0 bridgehead atoms. The minimum atomic E-state index is -0.0607. The third kappa shape index (κ3) is 4.92. The van der Waals surface area contributed by atoms with Gasteiger partial charge < -0.3 is 10.1 Å². The zero-order valence-electron chi connectivity index (χ0n) is 16.3. The van der Waals surface area contributed by atoms with Crippen LogP contribution in [0.15, 0.2) is 53.9 Å². The van der Waals surface area contributed by atoms with Crippen molar-refractivity contribution in [3.63, 3.8) is 0 Å². The first-order valence-corrected chi connectivity index (χ1v) is 10.1. The predicted octanol–water partition coefficient (Wildman–Crippen LogP) is 3.48. The van der Waals surface area contributed by atoms with Gasteiger partial charge in [-0.2, -0.15) is 0 Å². The number of aryl methyl sites for hydroxylation is 3. The van der Waals surface area contributed by atoms with Crippen molar-refractivity contribution >= 4 is 17.7 Å². The highest BCUT2D eigenvalue weighted by molar-refractivity contribution is 7.99. The zero-order valence-corrected chi connectivity index (χ0v) is 17.1. The molecule has 0 aliphatic heterocycles. The Labute approximate surface area is 169 Å². The van der Waals surface area contributed by atoms with E-state index in [9.17, 15) is 4.79 Å². The van der Waals surface area contributed by atoms with Gasteiger partial charge in [0, 0.05) is 0 Å². The molecule has 1 N–H and O–H groups in total. The van der Waals surface area contributed by atoms with Crippen molar-refractivity contribution in [2.75, 3.05) is 18.9 Å². The van der Waals surface area contributed by atoms with E-state index in [1.165, 1.54) is 11.8 Å². The quantitative estimate of drug-likeness (QED) is 0.466. The summed E-state index contributed by atoms with van der Waals surface area (Å²) in [5, 5.41) is 11.7. The number of amides is 1.